The molecule has 2 aromatic rings. The summed E-state index contributed by atoms with van der Waals surface area (Å²) in [7, 11) is 0. The van der Waals surface area contributed by atoms with Gasteiger partial charge < -0.3 is 0 Å². The zero-order valence-corrected chi connectivity index (χ0v) is 12.5. The van der Waals surface area contributed by atoms with E-state index in [2.05, 4.69) is 4.98 Å². The number of hydrogen-bond acceptors (Lipinski definition) is 2. The summed E-state index contributed by atoms with van der Waals surface area (Å²) in [5.74, 6) is 0.0940. The Labute approximate surface area is 126 Å². The van der Waals surface area contributed by atoms with Crippen LogP contribution in [0.15, 0.2) is 29.1 Å². The van der Waals surface area contributed by atoms with E-state index in [1.165, 1.54) is 28.8 Å². The highest BCUT2D eigenvalue weighted by Crippen LogP contribution is 2.18. The number of benzene rings is 1. The van der Waals surface area contributed by atoms with Crippen molar-refractivity contribution in [3.8, 4) is 0 Å². The summed E-state index contributed by atoms with van der Waals surface area (Å²) < 4.78 is 15.2. The molecule has 2 rings (SSSR count). The Balaban J connectivity index is 2.53. The van der Waals surface area contributed by atoms with E-state index in [0.717, 1.165) is 0 Å². The lowest BCUT2D eigenvalue weighted by molar-refractivity contribution is 0.574. The normalized spacial score (nSPS) is 11.1. The molecule has 0 saturated carbocycles. The zero-order valence-electron chi connectivity index (χ0n) is 11.0. The van der Waals surface area contributed by atoms with E-state index in [9.17, 15) is 9.18 Å². The van der Waals surface area contributed by atoms with Crippen LogP contribution in [0, 0.1) is 5.82 Å². The summed E-state index contributed by atoms with van der Waals surface area (Å²) in [4.78, 5) is 16.2. The van der Waals surface area contributed by atoms with Crippen LogP contribution < -0.4 is 5.56 Å². The van der Waals surface area contributed by atoms with Gasteiger partial charge in [-0.15, -0.1) is 0 Å². The van der Waals surface area contributed by atoms with Gasteiger partial charge in [0.05, 0.1) is 6.54 Å². The zero-order chi connectivity index (χ0) is 14.9. The fourth-order valence-electron chi connectivity index (χ4n) is 1.93. The topological polar surface area (TPSA) is 34.9 Å². The van der Waals surface area contributed by atoms with Crippen molar-refractivity contribution in [3.05, 3.63) is 62.0 Å². The van der Waals surface area contributed by atoms with Crippen LogP contribution in [-0.2, 0) is 6.54 Å². The highest BCUT2D eigenvalue weighted by Gasteiger charge is 2.13. The molecule has 6 heteroatoms. The molecule has 0 fully saturated rings. The number of nitrogens with zero attached hydrogens (tertiary/aromatic N) is 2. The van der Waals surface area contributed by atoms with Crippen LogP contribution in [0.5, 0.6) is 0 Å². The summed E-state index contributed by atoms with van der Waals surface area (Å²) >= 11 is 11.7. The van der Waals surface area contributed by atoms with Crippen molar-refractivity contribution < 1.29 is 4.39 Å². The summed E-state index contributed by atoms with van der Waals surface area (Å²) in [5.41, 5.74) is 0.0266. The first kappa shape index (κ1) is 15.0. The molecule has 0 spiro atoms. The van der Waals surface area contributed by atoms with E-state index in [4.69, 9.17) is 23.2 Å². The van der Waals surface area contributed by atoms with Gasteiger partial charge in [0, 0.05) is 22.6 Å². The highest BCUT2D eigenvalue weighted by atomic mass is 35.5. The predicted octanol–water partition coefficient (Wildman–Crippen LogP) is 3.86. The molecule has 106 valence electrons. The quantitative estimate of drug-likeness (QED) is 0.806. The van der Waals surface area contributed by atoms with Crippen molar-refractivity contribution in [1.29, 1.82) is 0 Å². The van der Waals surface area contributed by atoms with Crippen molar-refractivity contribution in [2.45, 2.75) is 26.3 Å². The SMILES string of the molecule is CC(C)c1nc(Cl)cc(=O)n1Cc1cc(Cl)ccc1F. The molecule has 0 bridgehead atoms. The lowest BCUT2D eigenvalue weighted by Gasteiger charge is -2.15. The average molecular weight is 315 g/mol. The molecule has 0 amide bonds. The smallest absolute Gasteiger partial charge is 0.255 e. The molecule has 0 unspecified atom stereocenters. The van der Waals surface area contributed by atoms with Gasteiger partial charge in [0.15, 0.2) is 0 Å². The van der Waals surface area contributed by atoms with E-state index in [0.29, 0.717) is 16.4 Å². The molecule has 0 N–H and O–H groups in total. The number of rotatable bonds is 3. The first-order chi connectivity index (χ1) is 9.38. The number of aromatic nitrogens is 2. The molecule has 0 aliphatic rings. The largest absolute Gasteiger partial charge is 0.292 e. The lowest BCUT2D eigenvalue weighted by atomic mass is 10.1. The van der Waals surface area contributed by atoms with Crippen molar-refractivity contribution >= 4 is 23.2 Å². The van der Waals surface area contributed by atoms with Gasteiger partial charge in [0.1, 0.15) is 16.8 Å². The van der Waals surface area contributed by atoms with Crippen molar-refractivity contribution in [1.82, 2.24) is 9.55 Å². The van der Waals surface area contributed by atoms with Gasteiger partial charge >= 0.3 is 0 Å². The van der Waals surface area contributed by atoms with Gasteiger partial charge in [-0.2, -0.15) is 0 Å². The van der Waals surface area contributed by atoms with E-state index in [1.54, 1.807) is 0 Å². The summed E-state index contributed by atoms with van der Waals surface area (Å²) in [6, 6.07) is 5.46. The Morgan fingerprint density at radius 3 is 2.65 bits per heavy atom. The molecule has 0 saturated heterocycles. The highest BCUT2D eigenvalue weighted by molar-refractivity contribution is 6.30. The molecule has 1 aromatic heterocycles. The summed E-state index contributed by atoms with van der Waals surface area (Å²) in [5, 5.41) is 0.559. The Hall–Kier alpha value is -1.39. The van der Waals surface area contributed by atoms with Crippen LogP contribution in [-0.4, -0.2) is 9.55 Å². The van der Waals surface area contributed by atoms with Gasteiger partial charge in [-0.25, -0.2) is 9.37 Å². The van der Waals surface area contributed by atoms with E-state index in [-0.39, 0.29) is 23.2 Å². The minimum Gasteiger partial charge on any atom is -0.292 e. The van der Waals surface area contributed by atoms with Crippen LogP contribution in [0.25, 0.3) is 0 Å². The second-order valence-corrected chi connectivity index (χ2v) is 5.58. The molecule has 1 heterocycles. The number of halogens is 3. The molecule has 1 aromatic carbocycles. The van der Waals surface area contributed by atoms with Crippen molar-refractivity contribution in [3.63, 3.8) is 0 Å². The van der Waals surface area contributed by atoms with Gasteiger partial charge in [-0.1, -0.05) is 37.0 Å². The van der Waals surface area contributed by atoms with Gasteiger partial charge in [0.2, 0.25) is 0 Å². The lowest BCUT2D eigenvalue weighted by Crippen LogP contribution is -2.26. The molecular formula is C14H13Cl2FN2O. The van der Waals surface area contributed by atoms with Crippen molar-refractivity contribution in [2.75, 3.05) is 0 Å². The maximum Gasteiger partial charge on any atom is 0.255 e. The van der Waals surface area contributed by atoms with Crippen LogP contribution in [0.1, 0.15) is 31.2 Å². The van der Waals surface area contributed by atoms with Crippen LogP contribution in [0.3, 0.4) is 0 Å². The van der Waals surface area contributed by atoms with Gasteiger partial charge in [0.25, 0.3) is 5.56 Å². The molecule has 0 aliphatic carbocycles. The Bertz CT molecular complexity index is 698. The molecule has 0 aliphatic heterocycles. The van der Waals surface area contributed by atoms with E-state index in [1.807, 2.05) is 13.8 Å². The van der Waals surface area contributed by atoms with E-state index >= 15 is 0 Å². The predicted molar refractivity (Wildman–Crippen MR) is 78.1 cm³/mol. The average Bonchev–Trinajstić information content (AvgIpc) is 2.36. The van der Waals surface area contributed by atoms with Crippen LogP contribution in [0.2, 0.25) is 10.2 Å². The summed E-state index contributed by atoms with van der Waals surface area (Å²) in [6.07, 6.45) is 0. The molecule has 0 radical (unpaired) electrons. The number of hydrogen-bond donors (Lipinski definition) is 0. The fraction of sp³-hybridized carbons (Fsp3) is 0.286. The van der Waals surface area contributed by atoms with Crippen LogP contribution in [0.4, 0.5) is 4.39 Å². The Kier molecular flexibility index (Phi) is 4.45. The Morgan fingerprint density at radius 2 is 2.00 bits per heavy atom. The van der Waals surface area contributed by atoms with Crippen LogP contribution >= 0.6 is 23.2 Å². The third-order valence-corrected chi connectivity index (χ3v) is 3.29. The second kappa shape index (κ2) is 5.94. The third-order valence-electron chi connectivity index (χ3n) is 2.86. The maximum absolute atomic E-state index is 13.8. The molecule has 3 nitrogen and oxygen atoms in total. The molecule has 20 heavy (non-hydrogen) atoms. The third kappa shape index (κ3) is 3.19. The monoisotopic (exact) mass is 314 g/mol. The molecular weight excluding hydrogens is 302 g/mol. The van der Waals surface area contributed by atoms with Crippen molar-refractivity contribution in [2.24, 2.45) is 0 Å². The first-order valence-electron chi connectivity index (χ1n) is 6.09. The molecule has 0 atom stereocenters. The van der Waals surface area contributed by atoms with Gasteiger partial charge in [-0.05, 0) is 18.2 Å². The maximum atomic E-state index is 13.8. The Morgan fingerprint density at radius 1 is 1.30 bits per heavy atom. The first-order valence-corrected chi connectivity index (χ1v) is 6.85. The minimum atomic E-state index is -0.411. The van der Waals surface area contributed by atoms with Gasteiger partial charge in [-0.3, -0.25) is 9.36 Å². The second-order valence-electron chi connectivity index (χ2n) is 4.75. The fourth-order valence-corrected chi connectivity index (χ4v) is 2.30. The van der Waals surface area contributed by atoms with E-state index < -0.39 is 5.82 Å². The standard InChI is InChI=1S/C14H13Cl2FN2O/c1-8(2)14-18-12(16)6-13(20)19(14)7-9-5-10(15)3-4-11(9)17/h3-6,8H,7H2,1-2H3. The summed E-state index contributed by atoms with van der Waals surface area (Å²) in [6.45, 7) is 3.86. The minimum absolute atomic E-state index is 0.0105.